The molecule has 0 radical (unpaired) electrons. The van der Waals surface area contributed by atoms with Gasteiger partial charge >= 0.3 is 0 Å². The first-order valence-electron chi connectivity index (χ1n) is 9.26. The summed E-state index contributed by atoms with van der Waals surface area (Å²) in [6.07, 6.45) is 3.49. The van der Waals surface area contributed by atoms with Crippen LogP contribution in [0.25, 0.3) is 11.4 Å². The number of amides is 1. The lowest BCUT2D eigenvalue weighted by molar-refractivity contribution is -0.113. The third-order valence-corrected chi connectivity index (χ3v) is 5.14. The molecule has 9 heteroatoms. The minimum absolute atomic E-state index is 0.129. The summed E-state index contributed by atoms with van der Waals surface area (Å²) in [6, 6.07) is 9.15. The second-order valence-electron chi connectivity index (χ2n) is 6.96. The van der Waals surface area contributed by atoms with Crippen molar-refractivity contribution < 1.29 is 14.3 Å². The summed E-state index contributed by atoms with van der Waals surface area (Å²) in [5.74, 6) is 2.57. The molecule has 2 aromatic heterocycles. The van der Waals surface area contributed by atoms with Crippen molar-refractivity contribution in [1.82, 2.24) is 19.7 Å². The molecule has 4 rings (SSSR count). The molecule has 1 N–H and O–H groups in total. The van der Waals surface area contributed by atoms with Gasteiger partial charge in [-0.2, -0.15) is 0 Å². The molecule has 3 heterocycles. The number of benzene rings is 1. The quantitative estimate of drug-likeness (QED) is 0.595. The molecular formula is C20H21N5O3S. The maximum atomic E-state index is 12.4. The van der Waals surface area contributed by atoms with Crippen molar-refractivity contribution in [2.45, 2.75) is 25.5 Å². The molecule has 0 saturated carbocycles. The van der Waals surface area contributed by atoms with Crippen molar-refractivity contribution in [2.75, 3.05) is 17.9 Å². The average molecular weight is 411 g/mol. The van der Waals surface area contributed by atoms with Crippen LogP contribution < -0.4 is 14.8 Å². The van der Waals surface area contributed by atoms with Gasteiger partial charge in [-0.05, 0) is 30.2 Å². The number of thioether (sulfide) groups is 1. The Bertz CT molecular complexity index is 1010. The first kappa shape index (κ1) is 19.3. The van der Waals surface area contributed by atoms with Crippen LogP contribution in [0.2, 0.25) is 0 Å². The van der Waals surface area contributed by atoms with Gasteiger partial charge in [0.05, 0.1) is 5.75 Å². The van der Waals surface area contributed by atoms with Crippen molar-refractivity contribution in [3.8, 4) is 22.9 Å². The standard InChI is InChI=1S/C20H21N5O3S/c1-13(2)10-25-19(14-4-3-7-21-9-14)23-24-20(25)29-11-18(26)22-15-5-6-16-17(8-15)28-12-27-16/h3-9,13H,10-12H2,1-2H3,(H,22,26). The number of aromatic nitrogens is 4. The molecule has 0 atom stereocenters. The van der Waals surface area contributed by atoms with Crippen molar-refractivity contribution in [3.05, 3.63) is 42.7 Å². The van der Waals surface area contributed by atoms with Gasteiger partial charge in [-0.25, -0.2) is 0 Å². The van der Waals surface area contributed by atoms with E-state index in [0.717, 1.165) is 17.9 Å². The van der Waals surface area contributed by atoms with Crippen LogP contribution in [0.1, 0.15) is 13.8 Å². The number of hydrogen-bond donors (Lipinski definition) is 1. The smallest absolute Gasteiger partial charge is 0.234 e. The lowest BCUT2D eigenvalue weighted by Crippen LogP contribution is -2.15. The van der Waals surface area contributed by atoms with Crippen molar-refractivity contribution in [1.29, 1.82) is 0 Å². The van der Waals surface area contributed by atoms with Crippen LogP contribution in [0.5, 0.6) is 11.5 Å². The minimum Gasteiger partial charge on any atom is -0.454 e. The zero-order valence-corrected chi connectivity index (χ0v) is 17.0. The second kappa shape index (κ2) is 8.52. The molecule has 0 aliphatic carbocycles. The Labute approximate surface area is 172 Å². The molecule has 1 aromatic carbocycles. The summed E-state index contributed by atoms with van der Waals surface area (Å²) < 4.78 is 12.7. The second-order valence-corrected chi connectivity index (χ2v) is 7.90. The minimum atomic E-state index is -0.129. The van der Waals surface area contributed by atoms with Gasteiger partial charge < -0.3 is 19.4 Å². The number of nitrogens with zero attached hydrogens (tertiary/aromatic N) is 4. The Morgan fingerprint density at radius 3 is 2.90 bits per heavy atom. The number of carbonyl (C=O) groups is 1. The van der Waals surface area contributed by atoms with E-state index in [1.807, 2.05) is 16.7 Å². The predicted molar refractivity (Wildman–Crippen MR) is 110 cm³/mol. The molecule has 8 nitrogen and oxygen atoms in total. The molecule has 0 bridgehead atoms. The average Bonchev–Trinajstić information content (AvgIpc) is 3.33. The molecule has 1 amide bonds. The first-order chi connectivity index (χ1) is 14.1. The van der Waals surface area contributed by atoms with Crippen LogP contribution in [0.15, 0.2) is 47.9 Å². The van der Waals surface area contributed by atoms with Crippen molar-refractivity contribution in [2.24, 2.45) is 5.92 Å². The van der Waals surface area contributed by atoms with Crippen molar-refractivity contribution >= 4 is 23.4 Å². The number of ether oxygens (including phenoxy) is 2. The maximum absolute atomic E-state index is 12.4. The normalized spacial score (nSPS) is 12.4. The van der Waals surface area contributed by atoms with Crippen molar-refractivity contribution in [3.63, 3.8) is 0 Å². The number of nitrogens with one attached hydrogen (secondary N) is 1. The fraction of sp³-hybridized carbons (Fsp3) is 0.300. The Hall–Kier alpha value is -3.07. The Morgan fingerprint density at radius 2 is 2.10 bits per heavy atom. The van der Waals surface area contributed by atoms with E-state index in [2.05, 4.69) is 34.3 Å². The molecule has 0 spiro atoms. The van der Waals surface area contributed by atoms with Gasteiger partial charge in [-0.1, -0.05) is 25.6 Å². The largest absolute Gasteiger partial charge is 0.454 e. The van der Waals surface area contributed by atoms with Gasteiger partial charge in [0.2, 0.25) is 12.7 Å². The van der Waals surface area contributed by atoms with Crippen LogP contribution in [0.3, 0.4) is 0 Å². The topological polar surface area (TPSA) is 91.2 Å². The van der Waals surface area contributed by atoms with Gasteiger partial charge in [0.1, 0.15) is 0 Å². The van der Waals surface area contributed by atoms with Gasteiger partial charge in [0, 0.05) is 36.3 Å². The Balaban J connectivity index is 1.45. The number of hydrogen-bond acceptors (Lipinski definition) is 7. The van der Waals surface area contributed by atoms with E-state index in [1.54, 1.807) is 30.6 Å². The highest BCUT2D eigenvalue weighted by Gasteiger charge is 2.18. The maximum Gasteiger partial charge on any atom is 0.234 e. The monoisotopic (exact) mass is 411 g/mol. The summed E-state index contributed by atoms with van der Waals surface area (Å²) in [4.78, 5) is 16.6. The van der Waals surface area contributed by atoms with Gasteiger partial charge in [0.15, 0.2) is 22.5 Å². The zero-order valence-electron chi connectivity index (χ0n) is 16.2. The summed E-state index contributed by atoms with van der Waals surface area (Å²) in [6.45, 7) is 5.22. The molecular weight excluding hydrogens is 390 g/mol. The van der Waals surface area contributed by atoms with Gasteiger partial charge in [-0.3, -0.25) is 9.78 Å². The Kier molecular flexibility index (Phi) is 5.66. The van der Waals surface area contributed by atoms with E-state index in [0.29, 0.717) is 28.3 Å². The molecule has 1 aliphatic rings. The molecule has 29 heavy (non-hydrogen) atoms. The van der Waals surface area contributed by atoms with E-state index < -0.39 is 0 Å². The van der Waals surface area contributed by atoms with E-state index >= 15 is 0 Å². The van der Waals surface area contributed by atoms with Crippen LogP contribution in [-0.4, -0.2) is 38.2 Å². The number of rotatable bonds is 7. The van der Waals surface area contributed by atoms with E-state index in [1.165, 1.54) is 11.8 Å². The van der Waals surface area contributed by atoms with E-state index in [-0.39, 0.29) is 18.5 Å². The zero-order chi connectivity index (χ0) is 20.2. The fourth-order valence-electron chi connectivity index (χ4n) is 2.94. The molecule has 1 aliphatic heterocycles. The number of pyridine rings is 1. The fourth-order valence-corrected chi connectivity index (χ4v) is 3.68. The molecule has 3 aromatic rings. The molecule has 0 saturated heterocycles. The number of anilines is 1. The lowest BCUT2D eigenvalue weighted by atomic mass is 10.2. The molecule has 0 fully saturated rings. The molecule has 150 valence electrons. The third kappa shape index (κ3) is 4.51. The molecule has 0 unspecified atom stereocenters. The summed E-state index contributed by atoms with van der Waals surface area (Å²) in [5, 5.41) is 12.2. The van der Waals surface area contributed by atoms with E-state index in [9.17, 15) is 4.79 Å². The van der Waals surface area contributed by atoms with Crippen LogP contribution in [-0.2, 0) is 11.3 Å². The Morgan fingerprint density at radius 1 is 1.24 bits per heavy atom. The first-order valence-corrected chi connectivity index (χ1v) is 10.2. The number of fused-ring (bicyclic) bond motifs is 1. The van der Waals surface area contributed by atoms with Crippen LogP contribution >= 0.6 is 11.8 Å². The van der Waals surface area contributed by atoms with Crippen LogP contribution in [0, 0.1) is 5.92 Å². The number of carbonyl (C=O) groups excluding carboxylic acids is 1. The summed E-state index contributed by atoms with van der Waals surface area (Å²) >= 11 is 1.36. The SMILES string of the molecule is CC(C)Cn1c(SCC(=O)Nc2ccc3c(c2)OCO3)nnc1-c1cccnc1. The third-order valence-electron chi connectivity index (χ3n) is 4.17. The van der Waals surface area contributed by atoms with Gasteiger partial charge in [0.25, 0.3) is 0 Å². The van der Waals surface area contributed by atoms with E-state index in [4.69, 9.17) is 9.47 Å². The highest BCUT2D eigenvalue weighted by Crippen LogP contribution is 2.34. The van der Waals surface area contributed by atoms with Gasteiger partial charge in [-0.15, -0.1) is 10.2 Å². The highest BCUT2D eigenvalue weighted by atomic mass is 32.2. The predicted octanol–water partition coefficient (Wildman–Crippen LogP) is 3.46. The summed E-state index contributed by atoms with van der Waals surface area (Å²) in [7, 11) is 0. The lowest BCUT2D eigenvalue weighted by Gasteiger charge is -2.12. The van der Waals surface area contributed by atoms with Crippen LogP contribution in [0.4, 0.5) is 5.69 Å². The highest BCUT2D eigenvalue weighted by molar-refractivity contribution is 7.99. The summed E-state index contributed by atoms with van der Waals surface area (Å²) in [5.41, 5.74) is 1.57.